The summed E-state index contributed by atoms with van der Waals surface area (Å²) in [6.45, 7) is 2.18. The Hall–Kier alpha value is -4.16. The van der Waals surface area contributed by atoms with Gasteiger partial charge in [0.15, 0.2) is 0 Å². The predicted octanol–water partition coefficient (Wildman–Crippen LogP) is 4.97. The van der Waals surface area contributed by atoms with Crippen molar-refractivity contribution in [1.29, 1.82) is 0 Å². The number of aromatic nitrogens is 1. The molecule has 9 nitrogen and oxygen atoms in total. The summed E-state index contributed by atoms with van der Waals surface area (Å²) in [5.74, 6) is -0.830. The number of carbonyl (C=O) groups excluding carboxylic acids is 2. The zero-order chi connectivity index (χ0) is 29.2. The van der Waals surface area contributed by atoms with E-state index >= 15 is 0 Å². The van der Waals surface area contributed by atoms with Crippen molar-refractivity contribution in [3.63, 3.8) is 0 Å². The Morgan fingerprint density at radius 1 is 1.15 bits per heavy atom. The van der Waals surface area contributed by atoms with Crippen molar-refractivity contribution in [2.45, 2.75) is 38.0 Å². The second kappa shape index (κ2) is 11.4. The number of rotatable bonds is 6. The Bertz CT molecular complexity index is 1470. The molecule has 3 heterocycles. The number of nitrogens with zero attached hydrogens (tertiary/aromatic N) is 1. The number of amides is 2. The molecule has 2 amide bonds. The number of aliphatic hydroxyl groups excluding tert-OH is 1. The van der Waals surface area contributed by atoms with Gasteiger partial charge in [-0.15, -0.1) is 0 Å². The van der Waals surface area contributed by atoms with Crippen LogP contribution in [0.5, 0.6) is 11.6 Å². The Morgan fingerprint density at radius 2 is 1.93 bits per heavy atom. The van der Waals surface area contributed by atoms with Gasteiger partial charge in [-0.2, -0.15) is 13.2 Å². The highest BCUT2D eigenvalue weighted by Crippen LogP contribution is 2.41. The molecule has 0 aliphatic carbocycles. The van der Waals surface area contributed by atoms with E-state index in [1.54, 1.807) is 24.3 Å². The first kappa shape index (κ1) is 28.4. The maximum absolute atomic E-state index is 13.4. The van der Waals surface area contributed by atoms with Gasteiger partial charge in [0, 0.05) is 30.2 Å². The van der Waals surface area contributed by atoms with E-state index in [-0.39, 0.29) is 24.5 Å². The summed E-state index contributed by atoms with van der Waals surface area (Å²) in [5.41, 5.74) is 1.05. The largest absolute Gasteiger partial charge is 0.484 e. The highest BCUT2D eigenvalue weighted by Gasteiger charge is 2.40. The van der Waals surface area contributed by atoms with Crippen molar-refractivity contribution in [2.75, 3.05) is 37.1 Å². The van der Waals surface area contributed by atoms with Gasteiger partial charge in [0.1, 0.15) is 23.7 Å². The molecule has 3 N–H and O–H groups in total. The first-order valence-electron chi connectivity index (χ1n) is 13.0. The quantitative estimate of drug-likeness (QED) is 0.382. The number of alkyl halides is 3. The maximum Gasteiger partial charge on any atom is 0.433 e. The number of pyridine rings is 1. The Labute approximate surface area is 233 Å². The molecule has 0 unspecified atom stereocenters. The summed E-state index contributed by atoms with van der Waals surface area (Å²) in [7, 11) is 0. The van der Waals surface area contributed by atoms with E-state index < -0.39 is 35.9 Å². The van der Waals surface area contributed by atoms with Crippen LogP contribution in [0.3, 0.4) is 0 Å². The van der Waals surface area contributed by atoms with Gasteiger partial charge in [0.05, 0.1) is 31.9 Å². The number of hydrogen-bond acceptors (Lipinski definition) is 7. The standard InChI is InChI=1S/C29H28F3N3O6/c1-17-2-4-20(33-27(38)19-13-24(29(30,31)32)35-26(14-19)40-11-8-36)15-21(17)18-3-5-22-23(12-18)41-28(16-25(37)34-22)6-9-39-10-7-28/h2-5,12-15,36H,6-11,16H2,1H3,(H,33,38)(H,34,37). The minimum absolute atomic E-state index is 0.131. The number of halogens is 3. The van der Waals surface area contributed by atoms with Gasteiger partial charge in [0.2, 0.25) is 11.8 Å². The third kappa shape index (κ3) is 6.44. The first-order chi connectivity index (χ1) is 19.5. The fourth-order valence-electron chi connectivity index (χ4n) is 4.88. The van der Waals surface area contributed by atoms with Crippen molar-refractivity contribution in [2.24, 2.45) is 0 Å². The molecule has 0 saturated carbocycles. The molecule has 1 saturated heterocycles. The molecule has 41 heavy (non-hydrogen) atoms. The van der Waals surface area contributed by atoms with Crippen molar-refractivity contribution < 1.29 is 42.1 Å². The van der Waals surface area contributed by atoms with Gasteiger partial charge in [-0.3, -0.25) is 9.59 Å². The smallest absolute Gasteiger partial charge is 0.433 e. The van der Waals surface area contributed by atoms with Gasteiger partial charge >= 0.3 is 6.18 Å². The lowest BCUT2D eigenvalue weighted by Crippen LogP contribution is -2.43. The van der Waals surface area contributed by atoms with Crippen molar-refractivity contribution >= 4 is 23.2 Å². The molecule has 216 valence electrons. The summed E-state index contributed by atoms with van der Waals surface area (Å²) in [4.78, 5) is 29.0. The van der Waals surface area contributed by atoms with Gasteiger partial charge in [0.25, 0.3) is 5.91 Å². The molecule has 1 fully saturated rings. The van der Waals surface area contributed by atoms with E-state index in [2.05, 4.69) is 15.6 Å². The van der Waals surface area contributed by atoms with Gasteiger partial charge < -0.3 is 30.0 Å². The van der Waals surface area contributed by atoms with Crippen LogP contribution in [0.1, 0.15) is 40.9 Å². The van der Waals surface area contributed by atoms with E-state index in [0.29, 0.717) is 49.2 Å². The lowest BCUT2D eigenvalue weighted by molar-refractivity contribution is -0.141. The average molecular weight is 572 g/mol. The van der Waals surface area contributed by atoms with Crippen molar-refractivity contribution in [3.05, 3.63) is 65.4 Å². The summed E-state index contributed by atoms with van der Waals surface area (Å²) >= 11 is 0. The third-order valence-corrected chi connectivity index (χ3v) is 6.97. The van der Waals surface area contributed by atoms with Crippen LogP contribution in [0.4, 0.5) is 24.5 Å². The SMILES string of the molecule is Cc1ccc(NC(=O)c2cc(OCCO)nc(C(F)(F)F)c2)cc1-c1ccc2c(c1)OC1(CCOCC1)CC(=O)N2. The fraction of sp³-hybridized carbons (Fsp3) is 0.345. The average Bonchev–Trinajstić information content (AvgIpc) is 3.06. The number of ether oxygens (including phenoxy) is 3. The number of carbonyl (C=O) groups is 2. The Kier molecular flexibility index (Phi) is 7.87. The Morgan fingerprint density at radius 3 is 2.66 bits per heavy atom. The number of aliphatic hydroxyl groups is 1. The first-order valence-corrected chi connectivity index (χ1v) is 13.0. The summed E-state index contributed by atoms with van der Waals surface area (Å²) < 4.78 is 57.1. The van der Waals surface area contributed by atoms with Crippen LogP contribution in [0.15, 0.2) is 48.5 Å². The number of aryl methyl sites for hydroxylation is 1. The van der Waals surface area contributed by atoms with Gasteiger partial charge in [-0.05, 0) is 53.9 Å². The van der Waals surface area contributed by atoms with Crippen LogP contribution in [-0.2, 0) is 15.7 Å². The predicted molar refractivity (Wildman–Crippen MR) is 143 cm³/mol. The lowest BCUT2D eigenvalue weighted by atomic mass is 9.90. The minimum Gasteiger partial charge on any atom is -0.484 e. The number of benzene rings is 2. The summed E-state index contributed by atoms with van der Waals surface area (Å²) in [6, 6.07) is 12.3. The maximum atomic E-state index is 13.4. The minimum atomic E-state index is -4.80. The molecule has 0 atom stereocenters. The normalized spacial score (nSPS) is 16.3. The molecule has 2 aliphatic rings. The summed E-state index contributed by atoms with van der Waals surface area (Å²) in [5, 5.41) is 14.5. The lowest BCUT2D eigenvalue weighted by Gasteiger charge is -2.35. The molecule has 2 aromatic carbocycles. The number of fused-ring (bicyclic) bond motifs is 1. The topological polar surface area (TPSA) is 119 Å². The van der Waals surface area contributed by atoms with Gasteiger partial charge in [-0.1, -0.05) is 12.1 Å². The van der Waals surface area contributed by atoms with Crippen molar-refractivity contribution in [1.82, 2.24) is 4.98 Å². The van der Waals surface area contributed by atoms with Crippen LogP contribution < -0.4 is 20.1 Å². The molecule has 2 aliphatic heterocycles. The van der Waals surface area contributed by atoms with Crippen LogP contribution in [0, 0.1) is 6.92 Å². The van der Waals surface area contributed by atoms with Crippen LogP contribution >= 0.6 is 0 Å². The zero-order valence-corrected chi connectivity index (χ0v) is 22.1. The molecule has 0 bridgehead atoms. The highest BCUT2D eigenvalue weighted by molar-refractivity contribution is 6.05. The molecule has 12 heteroatoms. The zero-order valence-electron chi connectivity index (χ0n) is 22.1. The van der Waals surface area contributed by atoms with E-state index in [9.17, 15) is 22.8 Å². The van der Waals surface area contributed by atoms with Gasteiger partial charge in [-0.25, -0.2) is 4.98 Å². The molecule has 5 rings (SSSR count). The van der Waals surface area contributed by atoms with Crippen LogP contribution in [0.25, 0.3) is 11.1 Å². The number of nitrogens with one attached hydrogen (secondary N) is 2. The molecular weight excluding hydrogens is 543 g/mol. The number of anilines is 2. The molecule has 1 aromatic heterocycles. The molecule has 1 spiro atoms. The van der Waals surface area contributed by atoms with E-state index in [4.69, 9.17) is 19.3 Å². The highest BCUT2D eigenvalue weighted by atomic mass is 19.4. The number of hydrogen-bond donors (Lipinski definition) is 3. The van der Waals surface area contributed by atoms with E-state index in [1.165, 1.54) is 0 Å². The van der Waals surface area contributed by atoms with Crippen LogP contribution in [-0.4, -0.2) is 53.9 Å². The molecular formula is C29H28F3N3O6. The molecule has 0 radical (unpaired) electrons. The molecule has 3 aromatic rings. The second-order valence-corrected chi connectivity index (χ2v) is 9.97. The monoisotopic (exact) mass is 571 g/mol. The second-order valence-electron chi connectivity index (χ2n) is 9.97. The fourth-order valence-corrected chi connectivity index (χ4v) is 4.88. The van der Waals surface area contributed by atoms with Crippen molar-refractivity contribution in [3.8, 4) is 22.8 Å². The van der Waals surface area contributed by atoms with E-state index in [1.807, 2.05) is 19.1 Å². The Balaban J connectivity index is 1.43. The third-order valence-electron chi connectivity index (χ3n) is 6.97. The summed E-state index contributed by atoms with van der Waals surface area (Å²) in [6.07, 6.45) is -3.41. The van der Waals surface area contributed by atoms with E-state index in [0.717, 1.165) is 22.8 Å². The van der Waals surface area contributed by atoms with Crippen LogP contribution in [0.2, 0.25) is 0 Å².